The number of allylic oxidation sites excluding steroid dienone is 5. The summed E-state index contributed by atoms with van der Waals surface area (Å²) in [5.74, 6) is -7.49. The number of nitrogens with zero attached hydrogens (tertiary/aromatic N) is 1. The minimum absolute atomic E-state index is 0.00619. The molecule has 13 atom stereocenters. The Morgan fingerprint density at radius 3 is 2.32 bits per heavy atom. The van der Waals surface area contributed by atoms with Crippen LogP contribution in [0.2, 0.25) is 0 Å². The van der Waals surface area contributed by atoms with Gasteiger partial charge in [0.25, 0.3) is 11.7 Å². The number of carbonyl (C=O) groups is 4. The first-order chi connectivity index (χ1) is 26.9. The van der Waals surface area contributed by atoms with Crippen LogP contribution < -0.4 is 0 Å². The number of Topliss-reactive ketones (excluding diaryl/α,β-unsaturated/α-hetero) is 1. The number of carbonyl (C=O) groups excluding carboxylic acids is 3. The zero-order valence-corrected chi connectivity index (χ0v) is 35.3. The molecule has 1 saturated carbocycles. The van der Waals surface area contributed by atoms with Gasteiger partial charge in [-0.25, -0.2) is 4.79 Å². The van der Waals surface area contributed by atoms with Crippen molar-refractivity contribution in [3.63, 3.8) is 0 Å². The maximum Gasteiger partial charge on any atom is 0.326 e. The number of hydrogen-bond acceptors (Lipinski definition) is 11. The fourth-order valence-corrected chi connectivity index (χ4v) is 8.74. The molecule has 0 bridgehead atoms. The first-order valence-corrected chi connectivity index (χ1v) is 20.5. The van der Waals surface area contributed by atoms with Crippen LogP contribution in [0.4, 0.5) is 0 Å². The van der Waals surface area contributed by atoms with Gasteiger partial charge in [0, 0.05) is 45.6 Å². The standard InChI is InChI=1S/C44H69NO12/c1-10-13-32(34(46)17-15-28(4)39(48)29(5)23-31-16-18-35(47)36(25-31)54-7)21-26(2)20-27(3)22-37(55-8)40-38(56-9)24-30(6)44(53,57-40)41(49)42(50)45-19-12-11-14-33(45)43(51)52/h10,15,17,21,23,27-28,30-33,35-40,47-48,53H,1,11-14,16,18-20,22,24-25H2,2-9H3,(H,51,52)/b17-15+,26-21+,29-23+/t27-,28+,30+,31-,32+,33-,35?,36+,37-,38-,39-,40+,44+/m0/s1. The zero-order chi connectivity index (χ0) is 42.6. The number of carboxylic acids is 1. The highest BCUT2D eigenvalue weighted by Gasteiger charge is 2.56. The second kappa shape index (κ2) is 22.4. The largest absolute Gasteiger partial charge is 0.480 e. The zero-order valence-electron chi connectivity index (χ0n) is 35.3. The molecule has 13 heteroatoms. The number of carboxylic acid groups (broad SMARTS) is 1. The summed E-state index contributed by atoms with van der Waals surface area (Å²) in [7, 11) is 4.61. The third-order valence-corrected chi connectivity index (χ3v) is 12.2. The van der Waals surface area contributed by atoms with Crippen LogP contribution in [0, 0.1) is 29.6 Å². The quantitative estimate of drug-likeness (QED) is 0.0737. The molecule has 0 aromatic carbocycles. The average molecular weight is 804 g/mol. The number of aliphatic hydroxyl groups is 3. The highest BCUT2D eigenvalue weighted by molar-refractivity contribution is 6.39. The summed E-state index contributed by atoms with van der Waals surface area (Å²) in [5.41, 5.74) is 1.79. The Bertz CT molecular complexity index is 1470. The van der Waals surface area contributed by atoms with Crippen molar-refractivity contribution in [3.8, 4) is 0 Å². The minimum Gasteiger partial charge on any atom is -0.480 e. The summed E-state index contributed by atoms with van der Waals surface area (Å²) >= 11 is 0. The molecule has 2 heterocycles. The molecule has 1 unspecified atom stereocenters. The van der Waals surface area contributed by atoms with Crippen LogP contribution in [0.15, 0.2) is 48.1 Å². The smallest absolute Gasteiger partial charge is 0.326 e. The Labute approximate surface area is 339 Å². The van der Waals surface area contributed by atoms with Crippen molar-refractivity contribution in [3.05, 3.63) is 48.1 Å². The number of ketones is 2. The van der Waals surface area contributed by atoms with Gasteiger partial charge in [-0.2, -0.15) is 0 Å². The molecule has 322 valence electrons. The van der Waals surface area contributed by atoms with E-state index in [4.69, 9.17) is 18.9 Å². The van der Waals surface area contributed by atoms with E-state index in [1.165, 1.54) is 20.3 Å². The molecule has 2 aliphatic heterocycles. The Morgan fingerprint density at radius 2 is 1.70 bits per heavy atom. The van der Waals surface area contributed by atoms with Gasteiger partial charge in [0.1, 0.15) is 12.1 Å². The minimum atomic E-state index is -2.50. The predicted molar refractivity (Wildman–Crippen MR) is 215 cm³/mol. The summed E-state index contributed by atoms with van der Waals surface area (Å²) < 4.78 is 23.2. The van der Waals surface area contributed by atoms with Crippen LogP contribution in [0.25, 0.3) is 0 Å². The van der Waals surface area contributed by atoms with Crippen molar-refractivity contribution in [1.82, 2.24) is 4.90 Å². The highest BCUT2D eigenvalue weighted by atomic mass is 16.7. The lowest BCUT2D eigenvalue weighted by Crippen LogP contribution is -2.64. The number of methoxy groups -OCH3 is 3. The number of likely N-dealkylation sites (tertiary alicyclic amines) is 1. The summed E-state index contributed by atoms with van der Waals surface area (Å²) in [4.78, 5) is 53.4. The summed E-state index contributed by atoms with van der Waals surface area (Å²) in [6.45, 7) is 13.3. The van der Waals surface area contributed by atoms with Gasteiger partial charge in [-0.3, -0.25) is 14.4 Å². The molecule has 0 aromatic rings. The van der Waals surface area contributed by atoms with Gasteiger partial charge in [-0.15, -0.1) is 6.58 Å². The SMILES string of the molecule is C=CC[C@H](/C=C(\C)C[C@H](C)C[C@H](OC)[C@H]1O[C@@](O)(C(=O)C(=O)N2CCCC[C@H]2C(=O)O)[C@H](C)C[C@@H]1OC)C(=O)/C=C/[C@@H](C)[C@H](O)/C(C)=C/[C@@H]1CCC(O)[C@H](OC)C1. The van der Waals surface area contributed by atoms with Crippen molar-refractivity contribution < 1.29 is 58.6 Å². The molecule has 0 radical (unpaired) electrons. The predicted octanol–water partition coefficient (Wildman–Crippen LogP) is 4.96. The lowest BCUT2D eigenvalue weighted by atomic mass is 9.82. The fraction of sp³-hybridized carbons (Fsp3) is 0.727. The van der Waals surface area contributed by atoms with Crippen LogP contribution in [-0.4, -0.2) is 125 Å². The normalized spacial score (nSPS) is 31.6. The fourth-order valence-electron chi connectivity index (χ4n) is 8.74. The van der Waals surface area contributed by atoms with Crippen LogP contribution in [0.3, 0.4) is 0 Å². The molecule has 4 N–H and O–H groups in total. The van der Waals surface area contributed by atoms with Crippen LogP contribution in [-0.2, 0) is 38.1 Å². The third-order valence-electron chi connectivity index (χ3n) is 12.2. The van der Waals surface area contributed by atoms with Gasteiger partial charge in [0.2, 0.25) is 5.79 Å². The molecule has 3 rings (SSSR count). The number of amides is 1. The monoisotopic (exact) mass is 803 g/mol. The van der Waals surface area contributed by atoms with E-state index in [0.717, 1.165) is 22.5 Å². The van der Waals surface area contributed by atoms with E-state index < -0.39 is 71.8 Å². The molecule has 3 aliphatic rings. The molecule has 0 spiro atoms. The van der Waals surface area contributed by atoms with Crippen LogP contribution in [0.5, 0.6) is 0 Å². The summed E-state index contributed by atoms with van der Waals surface area (Å²) in [6.07, 6.45) is 10.6. The number of piperidine rings is 1. The van der Waals surface area contributed by atoms with Gasteiger partial charge in [-0.05, 0) is 102 Å². The van der Waals surface area contributed by atoms with Crippen LogP contribution in [0.1, 0.15) is 98.8 Å². The topological polar surface area (TPSA) is 189 Å². The van der Waals surface area contributed by atoms with Crippen molar-refractivity contribution >= 4 is 23.4 Å². The number of ether oxygens (including phenoxy) is 4. The van der Waals surface area contributed by atoms with Crippen molar-refractivity contribution in [2.75, 3.05) is 27.9 Å². The first kappa shape index (κ1) is 48.3. The maximum absolute atomic E-state index is 13.7. The highest BCUT2D eigenvalue weighted by Crippen LogP contribution is 2.39. The Hall–Kier alpha value is -3.04. The second-order valence-corrected chi connectivity index (χ2v) is 16.7. The van der Waals surface area contributed by atoms with Crippen LogP contribution >= 0.6 is 0 Å². The number of aliphatic carboxylic acids is 1. The number of hydrogen-bond donors (Lipinski definition) is 4. The molecule has 13 nitrogen and oxygen atoms in total. The van der Waals surface area contributed by atoms with Gasteiger partial charge >= 0.3 is 5.97 Å². The summed E-state index contributed by atoms with van der Waals surface area (Å²) in [6, 6.07) is -1.15. The molecular weight excluding hydrogens is 734 g/mol. The molecule has 1 amide bonds. The molecule has 57 heavy (non-hydrogen) atoms. The van der Waals surface area contributed by atoms with Crippen molar-refractivity contribution in [2.24, 2.45) is 29.6 Å². The lowest BCUT2D eigenvalue weighted by Gasteiger charge is -2.47. The molecule has 0 aromatic heterocycles. The van der Waals surface area contributed by atoms with E-state index in [-0.39, 0.29) is 49.0 Å². The average Bonchev–Trinajstić information content (AvgIpc) is 3.19. The van der Waals surface area contributed by atoms with Gasteiger partial charge in [-0.1, -0.05) is 50.6 Å². The van der Waals surface area contributed by atoms with E-state index in [0.29, 0.717) is 44.9 Å². The van der Waals surface area contributed by atoms with E-state index in [1.807, 2.05) is 33.8 Å². The molecule has 2 saturated heterocycles. The summed E-state index contributed by atoms with van der Waals surface area (Å²) in [5, 5.41) is 42.6. The van der Waals surface area contributed by atoms with Gasteiger partial charge in [0.05, 0.1) is 30.5 Å². The Balaban J connectivity index is 1.67. The van der Waals surface area contributed by atoms with Gasteiger partial charge < -0.3 is 44.3 Å². The Morgan fingerprint density at radius 1 is 1.02 bits per heavy atom. The van der Waals surface area contributed by atoms with E-state index in [2.05, 4.69) is 12.7 Å². The number of rotatable bonds is 20. The van der Waals surface area contributed by atoms with Crippen molar-refractivity contribution in [1.29, 1.82) is 0 Å². The second-order valence-electron chi connectivity index (χ2n) is 16.7. The molecule has 1 aliphatic carbocycles. The molecule has 3 fully saturated rings. The first-order valence-electron chi connectivity index (χ1n) is 20.5. The third kappa shape index (κ3) is 12.7. The van der Waals surface area contributed by atoms with E-state index in [9.17, 15) is 39.6 Å². The molecular formula is C44H69NO12. The van der Waals surface area contributed by atoms with Crippen molar-refractivity contribution in [2.45, 2.75) is 147 Å². The van der Waals surface area contributed by atoms with E-state index in [1.54, 1.807) is 26.2 Å². The van der Waals surface area contributed by atoms with E-state index >= 15 is 0 Å². The maximum atomic E-state index is 13.7. The van der Waals surface area contributed by atoms with Gasteiger partial charge in [0.15, 0.2) is 5.78 Å². The lowest BCUT2D eigenvalue weighted by molar-refractivity contribution is -0.302. The number of aliphatic hydroxyl groups excluding tert-OH is 2. The Kier molecular flexibility index (Phi) is 19.0.